The lowest BCUT2D eigenvalue weighted by Crippen LogP contribution is -2.38. The number of fused-ring (bicyclic) bond motifs is 1. The van der Waals surface area contributed by atoms with E-state index in [-0.39, 0.29) is 11.9 Å². The quantitative estimate of drug-likeness (QED) is 0.867. The molecule has 3 rings (SSSR count). The number of nitrogens with zero attached hydrogens (tertiary/aromatic N) is 3. The molecule has 2 heterocycles. The lowest BCUT2D eigenvalue weighted by Gasteiger charge is -2.36. The number of imidazole rings is 1. The normalized spacial score (nSPS) is 24.4. The highest BCUT2D eigenvalue weighted by atomic mass is 79.9. The Balaban J connectivity index is 2.07. The van der Waals surface area contributed by atoms with Gasteiger partial charge >= 0.3 is 0 Å². The highest BCUT2D eigenvalue weighted by molar-refractivity contribution is 9.10. The van der Waals surface area contributed by atoms with Crippen LogP contribution in [-0.4, -0.2) is 34.1 Å². The molecular formula is C14H18BrFN4. The molecule has 1 aromatic carbocycles. The second-order valence-electron chi connectivity index (χ2n) is 5.60. The summed E-state index contributed by atoms with van der Waals surface area (Å²) in [6.45, 7) is 3.22. The molecule has 6 heteroatoms. The fourth-order valence-corrected chi connectivity index (χ4v) is 3.32. The topological polar surface area (TPSA) is 47.1 Å². The zero-order chi connectivity index (χ0) is 14.4. The number of nitrogen functional groups attached to an aromatic ring is 1. The highest BCUT2D eigenvalue weighted by Crippen LogP contribution is 2.33. The first kappa shape index (κ1) is 13.8. The first-order valence-corrected chi connectivity index (χ1v) is 7.59. The molecule has 2 aromatic rings. The van der Waals surface area contributed by atoms with Gasteiger partial charge in [-0.3, -0.25) is 0 Å². The third-order valence-electron chi connectivity index (χ3n) is 4.30. The van der Waals surface area contributed by atoms with Crippen LogP contribution in [0.1, 0.15) is 25.8 Å². The molecule has 1 aliphatic heterocycles. The average molecular weight is 341 g/mol. The van der Waals surface area contributed by atoms with Gasteiger partial charge in [0, 0.05) is 24.7 Å². The Morgan fingerprint density at radius 1 is 1.45 bits per heavy atom. The van der Waals surface area contributed by atoms with E-state index in [1.54, 1.807) is 6.07 Å². The number of benzene rings is 1. The van der Waals surface area contributed by atoms with Crippen LogP contribution in [0.15, 0.2) is 16.6 Å². The molecule has 0 spiro atoms. The first-order chi connectivity index (χ1) is 9.47. The zero-order valence-electron chi connectivity index (χ0n) is 11.6. The van der Waals surface area contributed by atoms with Crippen molar-refractivity contribution < 1.29 is 4.39 Å². The van der Waals surface area contributed by atoms with Crippen LogP contribution in [0.5, 0.6) is 0 Å². The Morgan fingerprint density at radius 3 is 2.90 bits per heavy atom. The van der Waals surface area contributed by atoms with Crippen molar-refractivity contribution in [1.82, 2.24) is 14.5 Å². The minimum Gasteiger partial charge on any atom is -0.369 e. The summed E-state index contributed by atoms with van der Waals surface area (Å²) in [5.74, 6) is 0.193. The minimum atomic E-state index is -0.278. The number of nitrogens with two attached hydrogens (primary N) is 1. The number of hydrogen-bond acceptors (Lipinski definition) is 3. The van der Waals surface area contributed by atoms with Crippen molar-refractivity contribution in [2.75, 3.05) is 19.3 Å². The number of aromatic nitrogens is 2. The van der Waals surface area contributed by atoms with Gasteiger partial charge in [-0.1, -0.05) is 0 Å². The van der Waals surface area contributed by atoms with Gasteiger partial charge in [-0.05, 0) is 48.8 Å². The molecule has 2 N–H and O–H groups in total. The molecule has 1 aliphatic rings. The summed E-state index contributed by atoms with van der Waals surface area (Å²) in [7, 11) is 2.13. The molecule has 0 amide bonds. The number of hydrogen-bond donors (Lipinski definition) is 1. The second-order valence-corrected chi connectivity index (χ2v) is 6.46. The van der Waals surface area contributed by atoms with Gasteiger partial charge < -0.3 is 15.2 Å². The van der Waals surface area contributed by atoms with Crippen molar-refractivity contribution >= 4 is 32.9 Å². The average Bonchev–Trinajstić information content (AvgIpc) is 2.69. The molecule has 4 nitrogen and oxygen atoms in total. The van der Waals surface area contributed by atoms with Crippen LogP contribution in [0.4, 0.5) is 10.3 Å². The molecule has 108 valence electrons. The molecule has 1 saturated heterocycles. The SMILES string of the molecule is CC1CC(n2c(N)nc3cc(Br)c(F)cc32)CCN1C. The van der Waals surface area contributed by atoms with Gasteiger partial charge in [-0.2, -0.15) is 0 Å². The predicted molar refractivity (Wildman–Crippen MR) is 82.2 cm³/mol. The van der Waals surface area contributed by atoms with E-state index in [2.05, 4.69) is 39.8 Å². The molecule has 0 aliphatic carbocycles. The second kappa shape index (κ2) is 5.00. The molecule has 2 atom stereocenters. The standard InChI is InChI=1S/C14H18BrFN4/c1-8-5-9(3-4-19(8)2)20-13-7-11(16)10(15)6-12(13)18-14(20)17/h6-9H,3-5H2,1-2H3,(H2,17,18). The fourth-order valence-electron chi connectivity index (χ4n) is 2.99. The number of anilines is 1. The van der Waals surface area contributed by atoms with Gasteiger partial charge in [0.05, 0.1) is 15.5 Å². The van der Waals surface area contributed by atoms with Crippen molar-refractivity contribution in [2.45, 2.75) is 31.8 Å². The van der Waals surface area contributed by atoms with Gasteiger partial charge in [-0.25, -0.2) is 9.37 Å². The van der Waals surface area contributed by atoms with E-state index in [0.717, 1.165) is 30.4 Å². The molecular weight excluding hydrogens is 323 g/mol. The number of likely N-dealkylation sites (tertiary alicyclic amines) is 1. The summed E-state index contributed by atoms with van der Waals surface area (Å²) in [6.07, 6.45) is 2.01. The van der Waals surface area contributed by atoms with Crippen LogP contribution in [0.25, 0.3) is 11.0 Å². The van der Waals surface area contributed by atoms with Crippen LogP contribution >= 0.6 is 15.9 Å². The molecule has 2 unspecified atom stereocenters. The molecule has 0 saturated carbocycles. The summed E-state index contributed by atoms with van der Waals surface area (Å²) in [4.78, 5) is 6.70. The Hall–Kier alpha value is -1.14. The summed E-state index contributed by atoms with van der Waals surface area (Å²) >= 11 is 3.19. The van der Waals surface area contributed by atoms with Gasteiger partial charge in [0.2, 0.25) is 5.95 Å². The Kier molecular flexibility index (Phi) is 3.46. The van der Waals surface area contributed by atoms with Crippen molar-refractivity contribution in [3.63, 3.8) is 0 Å². The third kappa shape index (κ3) is 2.20. The zero-order valence-corrected chi connectivity index (χ0v) is 13.2. The lowest BCUT2D eigenvalue weighted by atomic mass is 9.98. The van der Waals surface area contributed by atoms with Crippen molar-refractivity contribution in [3.05, 3.63) is 22.4 Å². The van der Waals surface area contributed by atoms with Gasteiger partial charge in [-0.15, -0.1) is 0 Å². The first-order valence-electron chi connectivity index (χ1n) is 6.80. The molecule has 1 fully saturated rings. The molecule has 20 heavy (non-hydrogen) atoms. The lowest BCUT2D eigenvalue weighted by molar-refractivity contribution is 0.159. The van der Waals surface area contributed by atoms with Crippen LogP contribution in [0.2, 0.25) is 0 Å². The third-order valence-corrected chi connectivity index (χ3v) is 4.91. The van der Waals surface area contributed by atoms with E-state index >= 15 is 0 Å². The van der Waals surface area contributed by atoms with E-state index in [4.69, 9.17) is 5.73 Å². The van der Waals surface area contributed by atoms with Crippen LogP contribution in [0.3, 0.4) is 0 Å². The summed E-state index contributed by atoms with van der Waals surface area (Å²) in [5, 5.41) is 0. The van der Waals surface area contributed by atoms with Gasteiger partial charge in [0.15, 0.2) is 0 Å². The van der Waals surface area contributed by atoms with Gasteiger partial charge in [0.25, 0.3) is 0 Å². The maximum absolute atomic E-state index is 13.8. The molecule has 0 bridgehead atoms. The Morgan fingerprint density at radius 2 is 2.20 bits per heavy atom. The van der Waals surface area contributed by atoms with E-state index in [1.807, 2.05) is 4.57 Å². The fraction of sp³-hybridized carbons (Fsp3) is 0.500. The highest BCUT2D eigenvalue weighted by Gasteiger charge is 2.27. The van der Waals surface area contributed by atoms with Crippen molar-refractivity contribution in [3.8, 4) is 0 Å². The predicted octanol–water partition coefficient (Wildman–Crippen LogP) is 3.18. The van der Waals surface area contributed by atoms with E-state index in [1.165, 1.54) is 6.07 Å². The number of piperidine rings is 1. The maximum atomic E-state index is 13.8. The van der Waals surface area contributed by atoms with Crippen molar-refractivity contribution in [1.29, 1.82) is 0 Å². The van der Waals surface area contributed by atoms with E-state index in [9.17, 15) is 4.39 Å². The summed E-state index contributed by atoms with van der Waals surface area (Å²) in [6, 6.07) is 3.99. The number of halogens is 2. The molecule has 1 aromatic heterocycles. The largest absolute Gasteiger partial charge is 0.369 e. The van der Waals surface area contributed by atoms with Crippen LogP contribution in [0, 0.1) is 5.82 Å². The van der Waals surface area contributed by atoms with E-state index in [0.29, 0.717) is 16.5 Å². The number of rotatable bonds is 1. The Bertz CT molecular complexity index is 654. The van der Waals surface area contributed by atoms with Crippen molar-refractivity contribution in [2.24, 2.45) is 0 Å². The Labute approximate surface area is 125 Å². The smallest absolute Gasteiger partial charge is 0.201 e. The van der Waals surface area contributed by atoms with Crippen LogP contribution in [-0.2, 0) is 0 Å². The summed E-state index contributed by atoms with van der Waals surface area (Å²) in [5.41, 5.74) is 7.59. The van der Waals surface area contributed by atoms with Gasteiger partial charge in [0.1, 0.15) is 5.82 Å². The monoisotopic (exact) mass is 340 g/mol. The maximum Gasteiger partial charge on any atom is 0.201 e. The summed E-state index contributed by atoms with van der Waals surface area (Å²) < 4.78 is 16.2. The van der Waals surface area contributed by atoms with Crippen LogP contribution < -0.4 is 5.73 Å². The van der Waals surface area contributed by atoms with E-state index < -0.39 is 0 Å². The minimum absolute atomic E-state index is 0.278. The molecule has 0 radical (unpaired) electrons.